The van der Waals surface area contributed by atoms with Gasteiger partial charge in [-0.15, -0.1) is 0 Å². The highest BCUT2D eigenvalue weighted by Gasteiger charge is 2.20. The normalized spacial score (nSPS) is 11.1. The summed E-state index contributed by atoms with van der Waals surface area (Å²) in [5, 5.41) is 3.60. The van der Waals surface area contributed by atoms with Gasteiger partial charge in [0.15, 0.2) is 0 Å². The summed E-state index contributed by atoms with van der Waals surface area (Å²) in [4.78, 5) is 2.10. The number of nitrogens with one attached hydrogen (secondary N) is 1. The standard InChI is InChI=1S/C18H24N2O/c1-18(2,14-9-11-17(21-5)12-10-14)19-15-7-6-8-16(13-15)20(3)4/h6-13,19H,1-5H3. The van der Waals surface area contributed by atoms with E-state index < -0.39 is 0 Å². The number of nitrogens with zero attached hydrogens (tertiary/aromatic N) is 1. The molecule has 0 spiro atoms. The molecule has 2 aromatic carbocycles. The first-order valence-corrected chi connectivity index (χ1v) is 7.12. The quantitative estimate of drug-likeness (QED) is 0.894. The Morgan fingerprint density at radius 1 is 1.00 bits per heavy atom. The smallest absolute Gasteiger partial charge is 0.118 e. The largest absolute Gasteiger partial charge is 0.497 e. The summed E-state index contributed by atoms with van der Waals surface area (Å²) in [6.45, 7) is 4.36. The molecule has 0 atom stereocenters. The van der Waals surface area contributed by atoms with Crippen molar-refractivity contribution in [3.63, 3.8) is 0 Å². The van der Waals surface area contributed by atoms with Gasteiger partial charge in [-0.2, -0.15) is 0 Å². The van der Waals surface area contributed by atoms with Crippen LogP contribution in [-0.2, 0) is 5.54 Å². The average molecular weight is 284 g/mol. The van der Waals surface area contributed by atoms with Crippen LogP contribution in [0.15, 0.2) is 48.5 Å². The number of ether oxygens (including phenoxy) is 1. The number of anilines is 2. The first kappa shape index (κ1) is 15.2. The van der Waals surface area contributed by atoms with Gasteiger partial charge in [0.25, 0.3) is 0 Å². The summed E-state index contributed by atoms with van der Waals surface area (Å²) in [6.07, 6.45) is 0. The second-order valence-electron chi connectivity index (χ2n) is 5.92. The zero-order chi connectivity index (χ0) is 15.5. The lowest BCUT2D eigenvalue weighted by atomic mass is 9.94. The molecule has 0 aliphatic carbocycles. The third-order valence-corrected chi connectivity index (χ3v) is 3.63. The number of hydrogen-bond acceptors (Lipinski definition) is 3. The lowest BCUT2D eigenvalue weighted by molar-refractivity contribution is 0.414. The molecule has 1 N–H and O–H groups in total. The Labute approximate surface area is 127 Å². The maximum atomic E-state index is 5.22. The summed E-state index contributed by atoms with van der Waals surface area (Å²) in [6, 6.07) is 16.6. The molecule has 0 fully saturated rings. The van der Waals surface area contributed by atoms with Crippen LogP contribution in [0.3, 0.4) is 0 Å². The van der Waals surface area contributed by atoms with Crippen molar-refractivity contribution in [3.8, 4) is 5.75 Å². The fourth-order valence-corrected chi connectivity index (χ4v) is 2.30. The zero-order valence-electron chi connectivity index (χ0n) is 13.5. The summed E-state index contributed by atoms with van der Waals surface area (Å²) in [5.74, 6) is 0.879. The Morgan fingerprint density at radius 2 is 1.67 bits per heavy atom. The van der Waals surface area contributed by atoms with Crippen molar-refractivity contribution < 1.29 is 4.74 Å². The Morgan fingerprint density at radius 3 is 2.24 bits per heavy atom. The maximum Gasteiger partial charge on any atom is 0.118 e. The molecule has 3 heteroatoms. The van der Waals surface area contributed by atoms with E-state index in [4.69, 9.17) is 4.74 Å². The van der Waals surface area contributed by atoms with Crippen molar-refractivity contribution >= 4 is 11.4 Å². The number of methoxy groups -OCH3 is 1. The molecule has 2 aromatic rings. The summed E-state index contributed by atoms with van der Waals surface area (Å²) < 4.78 is 5.22. The third-order valence-electron chi connectivity index (χ3n) is 3.63. The number of hydrogen-bond donors (Lipinski definition) is 1. The average Bonchev–Trinajstić information content (AvgIpc) is 2.47. The molecule has 0 bridgehead atoms. The summed E-state index contributed by atoms with van der Waals surface area (Å²) in [5.41, 5.74) is 3.36. The van der Waals surface area contributed by atoms with Crippen LogP contribution >= 0.6 is 0 Å². The minimum Gasteiger partial charge on any atom is -0.497 e. The van der Waals surface area contributed by atoms with E-state index in [1.165, 1.54) is 11.3 Å². The third kappa shape index (κ3) is 3.69. The van der Waals surface area contributed by atoms with Gasteiger partial charge in [-0.25, -0.2) is 0 Å². The molecule has 0 radical (unpaired) electrons. The molecule has 0 aromatic heterocycles. The molecule has 0 aliphatic heterocycles. The predicted molar refractivity (Wildman–Crippen MR) is 90.4 cm³/mol. The van der Waals surface area contributed by atoms with Crippen molar-refractivity contribution in [2.75, 3.05) is 31.4 Å². The SMILES string of the molecule is COc1ccc(C(C)(C)Nc2cccc(N(C)C)c2)cc1. The van der Waals surface area contributed by atoms with Gasteiger partial charge >= 0.3 is 0 Å². The molecular formula is C18H24N2O. The maximum absolute atomic E-state index is 5.22. The van der Waals surface area contributed by atoms with E-state index >= 15 is 0 Å². The molecule has 2 rings (SSSR count). The van der Waals surface area contributed by atoms with Crippen LogP contribution < -0.4 is 15.0 Å². The van der Waals surface area contributed by atoms with E-state index in [1.54, 1.807) is 7.11 Å². The van der Waals surface area contributed by atoms with Gasteiger partial charge in [0, 0.05) is 25.5 Å². The van der Waals surface area contributed by atoms with Crippen LogP contribution in [0.1, 0.15) is 19.4 Å². The van der Waals surface area contributed by atoms with Gasteiger partial charge in [0.2, 0.25) is 0 Å². The van der Waals surface area contributed by atoms with Crippen LogP contribution in [-0.4, -0.2) is 21.2 Å². The minimum absolute atomic E-state index is 0.156. The lowest BCUT2D eigenvalue weighted by Crippen LogP contribution is -2.27. The number of rotatable bonds is 5. The molecule has 0 amide bonds. The second kappa shape index (κ2) is 6.08. The topological polar surface area (TPSA) is 24.5 Å². The van der Waals surface area contributed by atoms with Crippen molar-refractivity contribution in [2.24, 2.45) is 0 Å². The van der Waals surface area contributed by atoms with Gasteiger partial charge in [-0.1, -0.05) is 18.2 Å². The van der Waals surface area contributed by atoms with Gasteiger partial charge in [0.1, 0.15) is 5.75 Å². The Bertz CT molecular complexity index is 588. The fourth-order valence-electron chi connectivity index (χ4n) is 2.30. The first-order valence-electron chi connectivity index (χ1n) is 7.12. The molecule has 3 nitrogen and oxygen atoms in total. The highest BCUT2D eigenvalue weighted by Crippen LogP contribution is 2.28. The second-order valence-corrected chi connectivity index (χ2v) is 5.92. The Balaban J connectivity index is 2.21. The van der Waals surface area contributed by atoms with E-state index in [0.717, 1.165) is 11.4 Å². The molecule has 0 heterocycles. The Kier molecular flexibility index (Phi) is 4.41. The lowest BCUT2D eigenvalue weighted by Gasteiger charge is -2.29. The highest BCUT2D eigenvalue weighted by molar-refractivity contribution is 5.59. The molecule has 0 saturated carbocycles. The van der Waals surface area contributed by atoms with Crippen LogP contribution in [0.5, 0.6) is 5.75 Å². The summed E-state index contributed by atoms with van der Waals surface area (Å²) in [7, 11) is 5.78. The molecule has 112 valence electrons. The highest BCUT2D eigenvalue weighted by atomic mass is 16.5. The number of benzene rings is 2. The van der Waals surface area contributed by atoms with Gasteiger partial charge in [-0.05, 0) is 49.7 Å². The van der Waals surface area contributed by atoms with Crippen molar-refractivity contribution in [3.05, 3.63) is 54.1 Å². The minimum atomic E-state index is -0.156. The van der Waals surface area contributed by atoms with E-state index in [2.05, 4.69) is 60.5 Å². The van der Waals surface area contributed by atoms with Crippen molar-refractivity contribution in [1.82, 2.24) is 0 Å². The van der Waals surface area contributed by atoms with E-state index in [0.29, 0.717) is 0 Å². The molecule has 0 saturated heterocycles. The van der Waals surface area contributed by atoms with Gasteiger partial charge in [0.05, 0.1) is 12.6 Å². The van der Waals surface area contributed by atoms with E-state index in [1.807, 2.05) is 26.2 Å². The van der Waals surface area contributed by atoms with Crippen LogP contribution in [0.25, 0.3) is 0 Å². The fraction of sp³-hybridized carbons (Fsp3) is 0.333. The first-order chi connectivity index (χ1) is 9.92. The van der Waals surface area contributed by atoms with Crippen LogP contribution in [0, 0.1) is 0 Å². The molecule has 0 aliphatic rings. The molecule has 0 unspecified atom stereocenters. The molecule has 21 heavy (non-hydrogen) atoms. The van der Waals surface area contributed by atoms with Crippen molar-refractivity contribution in [2.45, 2.75) is 19.4 Å². The van der Waals surface area contributed by atoms with Gasteiger partial charge < -0.3 is 15.0 Å². The zero-order valence-corrected chi connectivity index (χ0v) is 13.5. The van der Waals surface area contributed by atoms with E-state index in [9.17, 15) is 0 Å². The summed E-state index contributed by atoms with van der Waals surface area (Å²) >= 11 is 0. The predicted octanol–water partition coefficient (Wildman–Crippen LogP) is 4.11. The Hall–Kier alpha value is -2.16. The van der Waals surface area contributed by atoms with Gasteiger partial charge in [-0.3, -0.25) is 0 Å². The van der Waals surface area contributed by atoms with Crippen LogP contribution in [0.2, 0.25) is 0 Å². The van der Waals surface area contributed by atoms with Crippen molar-refractivity contribution in [1.29, 1.82) is 0 Å². The molecular weight excluding hydrogens is 260 g/mol. The monoisotopic (exact) mass is 284 g/mol. The van der Waals surface area contributed by atoms with E-state index in [-0.39, 0.29) is 5.54 Å². The van der Waals surface area contributed by atoms with Crippen LogP contribution in [0.4, 0.5) is 11.4 Å².